The minimum Gasteiger partial charge on any atom is -0.228 e. The maximum absolute atomic E-state index is 5.17. The third-order valence-corrected chi connectivity index (χ3v) is 9.17. The summed E-state index contributed by atoms with van der Waals surface area (Å²) in [6.07, 6.45) is 19.8. The maximum atomic E-state index is 5.17. The van der Waals surface area contributed by atoms with Gasteiger partial charge in [0.25, 0.3) is 0 Å². The second-order valence-corrected chi connectivity index (χ2v) is 11.6. The lowest BCUT2D eigenvalue weighted by molar-refractivity contribution is 1.20. The predicted octanol–water partition coefficient (Wildman–Crippen LogP) is 11.0. The summed E-state index contributed by atoms with van der Waals surface area (Å²) < 4.78 is 2.67. The molecule has 42 heavy (non-hydrogen) atoms. The smallest absolute Gasteiger partial charge is 0.160 e. The lowest BCUT2D eigenvalue weighted by Crippen LogP contribution is -1.97. The van der Waals surface area contributed by atoms with Gasteiger partial charge in [-0.15, -0.1) is 11.3 Å². The Bertz CT molecular complexity index is 2340. The summed E-state index contributed by atoms with van der Waals surface area (Å²) in [6.45, 7) is 4.14. The number of fused-ring (bicyclic) bond motifs is 4. The third-order valence-electron chi connectivity index (χ3n) is 8.05. The van der Waals surface area contributed by atoms with Crippen LogP contribution < -0.4 is 0 Å². The maximum Gasteiger partial charge on any atom is 0.160 e. The molecular weight excluding hydrogens is 529 g/mol. The number of benzene rings is 5. The number of thiophene rings is 1. The molecule has 0 unspecified atom stereocenters. The van der Waals surface area contributed by atoms with E-state index in [-0.39, 0.29) is 0 Å². The van der Waals surface area contributed by atoms with Gasteiger partial charge in [0.1, 0.15) is 0 Å². The molecule has 0 spiro atoms. The van der Waals surface area contributed by atoms with Gasteiger partial charge in [-0.05, 0) is 57.8 Å². The number of nitrogens with zero attached hydrogens (tertiary/aromatic N) is 2. The molecule has 8 rings (SSSR count). The number of para-hydroxylation sites is 1. The molecule has 1 aliphatic carbocycles. The van der Waals surface area contributed by atoms with Gasteiger partial charge in [0.05, 0.1) is 11.2 Å². The molecule has 0 atom stereocenters. The number of hydrogen-bond acceptors (Lipinski definition) is 3. The van der Waals surface area contributed by atoms with Gasteiger partial charge >= 0.3 is 0 Å². The van der Waals surface area contributed by atoms with Gasteiger partial charge in [-0.3, -0.25) is 0 Å². The molecule has 2 aromatic heterocycles. The molecule has 0 radical (unpaired) electrons. The van der Waals surface area contributed by atoms with E-state index in [1.165, 1.54) is 41.7 Å². The van der Waals surface area contributed by atoms with E-state index in [1.807, 2.05) is 29.5 Å². The Kier molecular flexibility index (Phi) is 5.90. The SMILES string of the molecule is C=C/C(=C\C=C\C1=CC=CCC=C1)c1nc(-c2ccc3c(c2)c2cccc4sc5cccc3c5c42)nc2ccccc12. The second kappa shape index (κ2) is 10.1. The van der Waals surface area contributed by atoms with Crippen LogP contribution >= 0.6 is 11.3 Å². The van der Waals surface area contributed by atoms with Crippen molar-refractivity contribution < 1.29 is 0 Å². The summed E-state index contributed by atoms with van der Waals surface area (Å²) in [6, 6.07) is 28.2. The van der Waals surface area contributed by atoms with E-state index in [4.69, 9.17) is 9.97 Å². The molecule has 2 heterocycles. The fraction of sp³-hybridized carbons (Fsp3) is 0.0256. The van der Waals surface area contributed by atoms with Crippen LogP contribution in [0.15, 0.2) is 146 Å². The van der Waals surface area contributed by atoms with Gasteiger partial charge in [0.2, 0.25) is 0 Å². The van der Waals surface area contributed by atoms with E-state index in [2.05, 4.69) is 122 Å². The van der Waals surface area contributed by atoms with Crippen LogP contribution in [0.4, 0.5) is 0 Å². The molecule has 0 fully saturated rings. The molecule has 3 heteroatoms. The standard InChI is InChI=1S/C39H26N2S/c1-2-26(15-9-14-25-12-5-3-4-6-13-25)38-31-16-7-8-19-33(31)40-39(41-38)27-22-23-28-29-17-10-20-34-36(29)37-30(32(28)24-27)18-11-21-35(37)42-34/h2-3,5-24H,1,4H2/b14-9+,26-15+. The minimum absolute atomic E-state index is 0.712. The van der Waals surface area contributed by atoms with Gasteiger partial charge < -0.3 is 0 Å². The molecule has 2 nitrogen and oxygen atoms in total. The van der Waals surface area contributed by atoms with Gasteiger partial charge in [0, 0.05) is 36.7 Å². The predicted molar refractivity (Wildman–Crippen MR) is 182 cm³/mol. The zero-order valence-electron chi connectivity index (χ0n) is 22.9. The molecule has 0 amide bonds. The number of rotatable bonds is 5. The van der Waals surface area contributed by atoms with Crippen LogP contribution in [0.2, 0.25) is 0 Å². The van der Waals surface area contributed by atoms with Crippen molar-refractivity contribution >= 4 is 69.5 Å². The van der Waals surface area contributed by atoms with Crippen molar-refractivity contribution in [2.75, 3.05) is 0 Å². The van der Waals surface area contributed by atoms with E-state index in [1.54, 1.807) is 0 Å². The Morgan fingerprint density at radius 2 is 1.55 bits per heavy atom. The van der Waals surface area contributed by atoms with Crippen LogP contribution in [0, 0.1) is 0 Å². The average Bonchev–Trinajstić information content (AvgIpc) is 3.23. The Labute approximate surface area is 248 Å². The van der Waals surface area contributed by atoms with Crippen LogP contribution in [-0.2, 0) is 0 Å². The van der Waals surface area contributed by atoms with Crippen molar-refractivity contribution in [2.45, 2.75) is 6.42 Å². The van der Waals surface area contributed by atoms with Gasteiger partial charge in [-0.25, -0.2) is 9.97 Å². The summed E-state index contributed by atoms with van der Waals surface area (Å²) in [5.41, 5.74) is 4.91. The number of allylic oxidation sites excluding steroid dienone is 11. The van der Waals surface area contributed by atoms with Crippen molar-refractivity contribution in [3.8, 4) is 11.4 Å². The highest BCUT2D eigenvalue weighted by molar-refractivity contribution is 7.26. The number of aromatic nitrogens is 2. The van der Waals surface area contributed by atoms with E-state index in [0.29, 0.717) is 5.82 Å². The van der Waals surface area contributed by atoms with Crippen LogP contribution in [0.1, 0.15) is 12.1 Å². The topological polar surface area (TPSA) is 25.8 Å². The fourth-order valence-corrected chi connectivity index (χ4v) is 7.25. The molecule has 0 saturated carbocycles. The van der Waals surface area contributed by atoms with Crippen LogP contribution in [0.25, 0.3) is 69.6 Å². The van der Waals surface area contributed by atoms with Gasteiger partial charge in [0.15, 0.2) is 5.82 Å². The molecular formula is C39H26N2S. The average molecular weight is 555 g/mol. The second-order valence-electron chi connectivity index (χ2n) is 10.6. The van der Waals surface area contributed by atoms with Crippen LogP contribution in [-0.4, -0.2) is 9.97 Å². The summed E-state index contributed by atoms with van der Waals surface area (Å²) in [5, 5.41) is 8.82. The lowest BCUT2D eigenvalue weighted by atomic mass is 9.93. The Morgan fingerprint density at radius 3 is 2.38 bits per heavy atom. The first-order chi connectivity index (χ1) is 20.8. The normalized spacial score (nSPS) is 14.2. The molecule has 5 aromatic carbocycles. The summed E-state index contributed by atoms with van der Waals surface area (Å²) in [7, 11) is 0. The monoisotopic (exact) mass is 554 g/mol. The highest BCUT2D eigenvalue weighted by Gasteiger charge is 2.17. The van der Waals surface area contributed by atoms with Crippen molar-refractivity contribution in [1.29, 1.82) is 0 Å². The largest absolute Gasteiger partial charge is 0.228 e. The number of hydrogen-bond donors (Lipinski definition) is 0. The van der Waals surface area contributed by atoms with Crippen LogP contribution in [0.3, 0.4) is 0 Å². The van der Waals surface area contributed by atoms with Crippen LogP contribution in [0.5, 0.6) is 0 Å². The summed E-state index contributed by atoms with van der Waals surface area (Å²) in [4.78, 5) is 10.2. The first-order valence-corrected chi connectivity index (χ1v) is 15.0. The van der Waals surface area contributed by atoms with Crippen molar-refractivity contribution in [2.24, 2.45) is 0 Å². The van der Waals surface area contributed by atoms with Crippen molar-refractivity contribution in [3.63, 3.8) is 0 Å². The van der Waals surface area contributed by atoms with Crippen molar-refractivity contribution in [3.05, 3.63) is 151 Å². The molecule has 0 aliphatic heterocycles. The molecule has 0 saturated heterocycles. The van der Waals surface area contributed by atoms with Gasteiger partial charge in [-0.2, -0.15) is 0 Å². The molecule has 0 N–H and O–H groups in total. The highest BCUT2D eigenvalue weighted by atomic mass is 32.1. The molecule has 1 aliphatic rings. The zero-order chi connectivity index (χ0) is 28.0. The summed E-state index contributed by atoms with van der Waals surface area (Å²) in [5.74, 6) is 0.712. The van der Waals surface area contributed by atoms with E-state index < -0.39 is 0 Å². The molecule has 0 bridgehead atoms. The minimum atomic E-state index is 0.712. The quantitative estimate of drug-likeness (QED) is 0.156. The van der Waals surface area contributed by atoms with E-state index in [9.17, 15) is 0 Å². The first-order valence-electron chi connectivity index (χ1n) is 14.2. The van der Waals surface area contributed by atoms with E-state index >= 15 is 0 Å². The fourth-order valence-electron chi connectivity index (χ4n) is 6.10. The van der Waals surface area contributed by atoms with E-state index in [0.717, 1.165) is 39.7 Å². The zero-order valence-corrected chi connectivity index (χ0v) is 23.7. The van der Waals surface area contributed by atoms with Crippen molar-refractivity contribution in [1.82, 2.24) is 9.97 Å². The molecule has 7 aromatic rings. The summed E-state index contributed by atoms with van der Waals surface area (Å²) >= 11 is 1.87. The Hall–Kier alpha value is -5.12. The molecule has 198 valence electrons. The Balaban J connectivity index is 1.31. The highest BCUT2D eigenvalue weighted by Crippen LogP contribution is 2.45. The van der Waals surface area contributed by atoms with Gasteiger partial charge in [-0.1, -0.05) is 116 Å². The lowest BCUT2D eigenvalue weighted by Gasteiger charge is -2.12. The third kappa shape index (κ3) is 4.01. The first kappa shape index (κ1) is 24.7. The Morgan fingerprint density at radius 1 is 0.762 bits per heavy atom.